The Balaban J connectivity index is 1.80. The van der Waals surface area contributed by atoms with Crippen molar-refractivity contribution in [2.45, 2.75) is 19.3 Å². The highest BCUT2D eigenvalue weighted by atomic mass is 79.9. The van der Waals surface area contributed by atoms with Crippen molar-refractivity contribution < 1.29 is 9.90 Å². The topological polar surface area (TPSA) is 37.3 Å². The molecule has 1 aromatic rings. The molecular weight excluding hydrogens is 256 g/mol. The van der Waals surface area contributed by atoms with Crippen molar-refractivity contribution in [3.8, 4) is 0 Å². The van der Waals surface area contributed by atoms with E-state index in [2.05, 4.69) is 28.1 Å². The molecule has 1 aliphatic carbocycles. The van der Waals surface area contributed by atoms with E-state index >= 15 is 0 Å². The first-order chi connectivity index (χ1) is 7.16. The number of carboxylic acids is 1. The van der Waals surface area contributed by atoms with Gasteiger partial charge in [-0.1, -0.05) is 28.1 Å². The van der Waals surface area contributed by atoms with Crippen molar-refractivity contribution >= 4 is 21.9 Å². The van der Waals surface area contributed by atoms with Gasteiger partial charge in [-0.25, -0.2) is 0 Å². The molecule has 3 heteroatoms. The van der Waals surface area contributed by atoms with E-state index in [1.807, 2.05) is 12.1 Å². The monoisotopic (exact) mass is 268 g/mol. The van der Waals surface area contributed by atoms with Gasteiger partial charge in [-0.2, -0.15) is 0 Å². The molecule has 2 nitrogen and oxygen atoms in total. The maximum Gasteiger partial charge on any atom is 0.306 e. The second-order valence-corrected chi connectivity index (χ2v) is 5.02. The van der Waals surface area contributed by atoms with Crippen LogP contribution in [-0.4, -0.2) is 11.1 Å². The zero-order valence-electron chi connectivity index (χ0n) is 8.32. The Morgan fingerprint density at radius 1 is 1.40 bits per heavy atom. The molecule has 1 N–H and O–H groups in total. The number of hydrogen-bond donors (Lipinski definition) is 1. The fraction of sp³-hybridized carbons (Fsp3) is 0.417. The number of halogens is 1. The minimum Gasteiger partial charge on any atom is -0.481 e. The Bertz CT molecular complexity index is 358. The zero-order chi connectivity index (χ0) is 10.8. The summed E-state index contributed by atoms with van der Waals surface area (Å²) in [6, 6.07) is 8.22. The number of carbonyl (C=O) groups is 1. The van der Waals surface area contributed by atoms with E-state index in [9.17, 15) is 4.79 Å². The van der Waals surface area contributed by atoms with Crippen molar-refractivity contribution in [2.24, 2.45) is 11.8 Å². The lowest BCUT2D eigenvalue weighted by Crippen LogP contribution is -2.00. The maximum atomic E-state index is 10.6. The SMILES string of the molecule is O=C(O)C1CC1CCc1ccc(Br)cc1. The first kappa shape index (κ1) is 10.7. The zero-order valence-corrected chi connectivity index (χ0v) is 9.90. The number of carboxylic acid groups (broad SMARTS) is 1. The van der Waals surface area contributed by atoms with E-state index in [0.29, 0.717) is 5.92 Å². The van der Waals surface area contributed by atoms with Crippen molar-refractivity contribution in [3.63, 3.8) is 0 Å². The van der Waals surface area contributed by atoms with Crippen molar-refractivity contribution in [2.75, 3.05) is 0 Å². The van der Waals surface area contributed by atoms with E-state index in [4.69, 9.17) is 5.11 Å². The molecular formula is C12H13BrO2. The van der Waals surface area contributed by atoms with Gasteiger partial charge in [-0.15, -0.1) is 0 Å². The third-order valence-electron chi connectivity index (χ3n) is 2.96. The highest BCUT2D eigenvalue weighted by Crippen LogP contribution is 2.42. The third-order valence-corrected chi connectivity index (χ3v) is 3.49. The molecule has 0 aliphatic heterocycles. The number of aliphatic carboxylic acids is 1. The van der Waals surface area contributed by atoms with E-state index in [1.165, 1.54) is 5.56 Å². The molecule has 0 heterocycles. The lowest BCUT2D eigenvalue weighted by molar-refractivity contribution is -0.138. The van der Waals surface area contributed by atoms with Gasteiger partial charge in [0, 0.05) is 4.47 Å². The summed E-state index contributed by atoms with van der Waals surface area (Å²) in [5, 5.41) is 8.75. The Hall–Kier alpha value is -0.830. The average molecular weight is 269 g/mol. The molecule has 1 aliphatic rings. The van der Waals surface area contributed by atoms with E-state index < -0.39 is 5.97 Å². The van der Waals surface area contributed by atoms with E-state index in [0.717, 1.165) is 23.7 Å². The normalized spacial score (nSPS) is 23.8. The minimum atomic E-state index is -0.629. The fourth-order valence-corrected chi connectivity index (χ4v) is 2.14. The fourth-order valence-electron chi connectivity index (χ4n) is 1.87. The molecule has 0 spiro atoms. The summed E-state index contributed by atoms with van der Waals surface area (Å²) >= 11 is 3.39. The van der Waals surface area contributed by atoms with Crippen LogP contribution < -0.4 is 0 Å². The van der Waals surface area contributed by atoms with Crippen molar-refractivity contribution in [1.82, 2.24) is 0 Å². The standard InChI is InChI=1S/C12H13BrO2/c13-10-5-2-8(3-6-10)1-4-9-7-11(9)12(14)15/h2-3,5-6,9,11H,1,4,7H2,(H,14,15). The van der Waals surface area contributed by atoms with Gasteiger partial charge in [0.15, 0.2) is 0 Å². The summed E-state index contributed by atoms with van der Waals surface area (Å²) in [4.78, 5) is 10.6. The summed E-state index contributed by atoms with van der Waals surface area (Å²) in [7, 11) is 0. The highest BCUT2D eigenvalue weighted by Gasteiger charge is 2.42. The number of rotatable bonds is 4. The van der Waals surface area contributed by atoms with Crippen LogP contribution in [0.15, 0.2) is 28.7 Å². The van der Waals surface area contributed by atoms with Gasteiger partial charge in [0.05, 0.1) is 5.92 Å². The van der Waals surface area contributed by atoms with Gasteiger partial charge in [-0.3, -0.25) is 4.79 Å². The van der Waals surface area contributed by atoms with Gasteiger partial charge in [0.2, 0.25) is 0 Å². The predicted molar refractivity (Wildman–Crippen MR) is 61.7 cm³/mol. The van der Waals surface area contributed by atoms with E-state index in [1.54, 1.807) is 0 Å². The van der Waals surface area contributed by atoms with Gasteiger partial charge >= 0.3 is 5.97 Å². The number of benzene rings is 1. The lowest BCUT2D eigenvalue weighted by Gasteiger charge is -2.00. The van der Waals surface area contributed by atoms with Gasteiger partial charge in [0.25, 0.3) is 0 Å². The Kier molecular flexibility index (Phi) is 3.10. The Labute approximate surface area is 97.4 Å². The molecule has 2 atom stereocenters. The smallest absolute Gasteiger partial charge is 0.306 e. The van der Waals surface area contributed by atoms with Gasteiger partial charge < -0.3 is 5.11 Å². The number of hydrogen-bond acceptors (Lipinski definition) is 1. The van der Waals surface area contributed by atoms with Crippen LogP contribution >= 0.6 is 15.9 Å². The van der Waals surface area contributed by atoms with Crippen molar-refractivity contribution in [1.29, 1.82) is 0 Å². The second kappa shape index (κ2) is 4.35. The Morgan fingerprint density at radius 2 is 2.07 bits per heavy atom. The van der Waals surface area contributed by atoms with Gasteiger partial charge in [0.1, 0.15) is 0 Å². The quantitative estimate of drug-likeness (QED) is 0.911. The van der Waals surface area contributed by atoms with Crippen LogP contribution in [0, 0.1) is 11.8 Å². The van der Waals surface area contributed by atoms with E-state index in [-0.39, 0.29) is 5.92 Å². The molecule has 1 aromatic carbocycles. The molecule has 0 radical (unpaired) electrons. The summed E-state index contributed by atoms with van der Waals surface area (Å²) in [5.41, 5.74) is 1.29. The molecule has 0 amide bonds. The average Bonchev–Trinajstić information content (AvgIpc) is 2.96. The van der Waals surface area contributed by atoms with Crippen LogP contribution in [-0.2, 0) is 11.2 Å². The van der Waals surface area contributed by atoms with Crippen molar-refractivity contribution in [3.05, 3.63) is 34.3 Å². The summed E-state index contributed by atoms with van der Waals surface area (Å²) in [5.74, 6) is -0.289. The number of aryl methyl sites for hydroxylation is 1. The summed E-state index contributed by atoms with van der Waals surface area (Å²) in [6.07, 6.45) is 2.85. The minimum absolute atomic E-state index is 0.0690. The molecule has 2 rings (SSSR count). The van der Waals surface area contributed by atoms with Gasteiger partial charge in [-0.05, 0) is 42.9 Å². The molecule has 2 unspecified atom stereocenters. The van der Waals surface area contributed by atoms with Crippen LogP contribution in [0.1, 0.15) is 18.4 Å². The third kappa shape index (κ3) is 2.81. The second-order valence-electron chi connectivity index (χ2n) is 4.11. The Morgan fingerprint density at radius 3 is 2.60 bits per heavy atom. The molecule has 1 saturated carbocycles. The maximum absolute atomic E-state index is 10.6. The van der Waals surface area contributed by atoms with Crippen LogP contribution in [0.25, 0.3) is 0 Å². The predicted octanol–water partition coefficient (Wildman–Crippen LogP) is 3.10. The molecule has 0 aromatic heterocycles. The first-order valence-electron chi connectivity index (χ1n) is 5.14. The first-order valence-corrected chi connectivity index (χ1v) is 5.93. The van der Waals surface area contributed by atoms with Crippen LogP contribution in [0.3, 0.4) is 0 Å². The lowest BCUT2D eigenvalue weighted by atomic mass is 10.1. The summed E-state index contributed by atoms with van der Waals surface area (Å²) in [6.45, 7) is 0. The van der Waals surface area contributed by atoms with Crippen LogP contribution in [0.2, 0.25) is 0 Å². The molecule has 80 valence electrons. The highest BCUT2D eigenvalue weighted by molar-refractivity contribution is 9.10. The largest absolute Gasteiger partial charge is 0.481 e. The summed E-state index contributed by atoms with van der Waals surface area (Å²) < 4.78 is 1.08. The van der Waals surface area contributed by atoms with Crippen LogP contribution in [0.5, 0.6) is 0 Å². The molecule has 0 bridgehead atoms. The molecule has 15 heavy (non-hydrogen) atoms. The van der Waals surface area contributed by atoms with Crippen LogP contribution in [0.4, 0.5) is 0 Å². The molecule has 1 fully saturated rings. The molecule has 0 saturated heterocycles.